The minimum atomic E-state index is 0.187. The van der Waals surface area contributed by atoms with Crippen LogP contribution in [-0.4, -0.2) is 30.6 Å². The average Bonchev–Trinajstić information content (AvgIpc) is 3.05. The second-order valence-electron chi connectivity index (χ2n) is 6.87. The maximum absolute atomic E-state index is 6.13. The topological polar surface area (TPSA) is 33.6 Å². The molecule has 0 bridgehead atoms. The second-order valence-corrected chi connectivity index (χ2v) is 6.87. The van der Waals surface area contributed by atoms with Gasteiger partial charge < -0.3 is 10.1 Å². The summed E-state index contributed by atoms with van der Waals surface area (Å²) in [6, 6.07) is 0.448. The zero-order valence-electron chi connectivity index (χ0n) is 15.8. The van der Waals surface area contributed by atoms with Crippen molar-refractivity contribution in [3.63, 3.8) is 0 Å². The van der Waals surface area contributed by atoms with Gasteiger partial charge in [-0.05, 0) is 45.6 Å². The normalized spacial score (nSPS) is 26.8. The zero-order valence-corrected chi connectivity index (χ0v) is 15.8. The molecule has 1 N–H and O–H groups in total. The van der Waals surface area contributed by atoms with Crippen LogP contribution in [-0.2, 0) is 4.74 Å². The Morgan fingerprint density at radius 2 is 2.00 bits per heavy atom. The Labute approximate surface area is 148 Å². The minimum Gasteiger partial charge on any atom is -0.370 e. The Balaban J connectivity index is 2.07. The first kappa shape index (κ1) is 19.0. The van der Waals surface area contributed by atoms with Crippen LogP contribution in [0.2, 0.25) is 0 Å². The lowest BCUT2D eigenvalue weighted by Crippen LogP contribution is -2.38. The first-order valence-corrected chi connectivity index (χ1v) is 9.58. The van der Waals surface area contributed by atoms with Gasteiger partial charge in [-0.2, -0.15) is 0 Å². The number of amidine groups is 1. The van der Waals surface area contributed by atoms with Crippen molar-refractivity contribution in [3.05, 3.63) is 35.5 Å². The summed E-state index contributed by atoms with van der Waals surface area (Å²) < 4.78 is 6.13. The lowest BCUT2D eigenvalue weighted by Gasteiger charge is -2.23. The summed E-state index contributed by atoms with van der Waals surface area (Å²) in [5.74, 6) is 1.01. The minimum absolute atomic E-state index is 0.187. The van der Waals surface area contributed by atoms with E-state index in [0.717, 1.165) is 12.3 Å². The van der Waals surface area contributed by atoms with Gasteiger partial charge >= 0.3 is 0 Å². The number of allylic oxidation sites excluding steroid dienone is 4. The lowest BCUT2D eigenvalue weighted by molar-refractivity contribution is 0.0520. The molecule has 1 heterocycles. The van der Waals surface area contributed by atoms with Gasteiger partial charge in [0.25, 0.3) is 0 Å². The van der Waals surface area contributed by atoms with Crippen molar-refractivity contribution in [2.75, 3.05) is 6.61 Å². The van der Waals surface area contributed by atoms with Crippen molar-refractivity contribution in [1.29, 1.82) is 0 Å². The monoisotopic (exact) mass is 330 g/mol. The van der Waals surface area contributed by atoms with Crippen LogP contribution in [0.15, 0.2) is 40.4 Å². The Hall–Kier alpha value is -1.35. The van der Waals surface area contributed by atoms with E-state index in [1.807, 2.05) is 0 Å². The summed E-state index contributed by atoms with van der Waals surface area (Å²) in [6.07, 6.45) is 16.4. The van der Waals surface area contributed by atoms with E-state index >= 15 is 0 Å². The van der Waals surface area contributed by atoms with Crippen LogP contribution in [0.1, 0.15) is 66.2 Å². The molecule has 3 nitrogen and oxygen atoms in total. The fraction of sp³-hybridized carbons (Fsp3) is 0.667. The summed E-state index contributed by atoms with van der Waals surface area (Å²) in [5.41, 5.74) is 2.72. The van der Waals surface area contributed by atoms with Crippen LogP contribution in [0.3, 0.4) is 0 Å². The van der Waals surface area contributed by atoms with E-state index in [1.165, 1.54) is 43.3 Å². The molecule has 0 spiro atoms. The highest BCUT2D eigenvalue weighted by molar-refractivity contribution is 5.86. The molecule has 1 aliphatic heterocycles. The molecule has 1 fully saturated rings. The van der Waals surface area contributed by atoms with Crippen LogP contribution in [0.5, 0.6) is 0 Å². The molecule has 1 aliphatic carbocycles. The highest BCUT2D eigenvalue weighted by Crippen LogP contribution is 2.25. The molecule has 0 amide bonds. The van der Waals surface area contributed by atoms with E-state index in [0.29, 0.717) is 12.7 Å². The van der Waals surface area contributed by atoms with Gasteiger partial charge in [0.05, 0.1) is 18.2 Å². The van der Waals surface area contributed by atoms with Gasteiger partial charge in [0, 0.05) is 0 Å². The number of ether oxygens (including phenoxy) is 1. The molecule has 0 unspecified atom stereocenters. The predicted octanol–water partition coefficient (Wildman–Crippen LogP) is 4.95. The zero-order chi connectivity index (χ0) is 17.4. The molecule has 2 aliphatic rings. The fourth-order valence-electron chi connectivity index (χ4n) is 3.53. The molecule has 0 radical (unpaired) electrons. The third-order valence-corrected chi connectivity index (χ3v) is 5.18. The van der Waals surface area contributed by atoms with Crippen molar-refractivity contribution in [3.8, 4) is 0 Å². The Morgan fingerprint density at radius 1 is 1.25 bits per heavy atom. The van der Waals surface area contributed by atoms with Crippen LogP contribution in [0.25, 0.3) is 0 Å². The molecule has 0 saturated heterocycles. The number of nitrogens with one attached hydrogen (secondary N) is 1. The van der Waals surface area contributed by atoms with Crippen molar-refractivity contribution >= 4 is 5.84 Å². The van der Waals surface area contributed by atoms with Gasteiger partial charge in [0.1, 0.15) is 12.4 Å². The SMILES string of the molecule is C/C=C\C=C(/CC)[C@H]1N=C(COC2CCCCC2)N[C@H]1/C(C)=C/C. The Kier molecular flexibility index (Phi) is 7.77. The van der Waals surface area contributed by atoms with E-state index in [9.17, 15) is 0 Å². The van der Waals surface area contributed by atoms with Gasteiger partial charge in [-0.3, -0.25) is 4.99 Å². The number of aliphatic imine (C=N–C) groups is 1. The number of hydrogen-bond acceptors (Lipinski definition) is 3. The lowest BCUT2D eigenvalue weighted by atomic mass is 9.93. The third-order valence-electron chi connectivity index (χ3n) is 5.18. The van der Waals surface area contributed by atoms with Crippen LogP contribution < -0.4 is 5.32 Å². The third kappa shape index (κ3) is 5.07. The maximum Gasteiger partial charge on any atom is 0.124 e. The van der Waals surface area contributed by atoms with E-state index in [2.05, 4.69) is 57.3 Å². The Morgan fingerprint density at radius 3 is 2.62 bits per heavy atom. The smallest absolute Gasteiger partial charge is 0.124 e. The molecule has 1 saturated carbocycles. The quantitative estimate of drug-likeness (QED) is 0.529. The van der Waals surface area contributed by atoms with Gasteiger partial charge in [0.2, 0.25) is 0 Å². The molecule has 2 rings (SSSR count). The highest BCUT2D eigenvalue weighted by Gasteiger charge is 2.31. The second kappa shape index (κ2) is 9.83. The van der Waals surface area contributed by atoms with Crippen molar-refractivity contribution in [1.82, 2.24) is 5.32 Å². The van der Waals surface area contributed by atoms with Crippen LogP contribution in [0, 0.1) is 0 Å². The largest absolute Gasteiger partial charge is 0.370 e. The summed E-state index contributed by atoms with van der Waals surface area (Å²) in [4.78, 5) is 4.98. The van der Waals surface area contributed by atoms with Gasteiger partial charge in [-0.1, -0.05) is 56.1 Å². The Bertz CT molecular complexity index is 510. The summed E-state index contributed by atoms with van der Waals surface area (Å²) in [5, 5.41) is 3.61. The first-order chi connectivity index (χ1) is 11.7. The standard InChI is InChI=1S/C21H34N2O/c1-5-8-12-17(7-3)21-20(16(4)6-2)22-19(23-21)15-24-18-13-10-9-11-14-18/h5-6,8,12,18,20-21H,7,9-11,13-15H2,1-4H3,(H,22,23)/b8-5-,16-6+,17-12+/t20-,21+/m0/s1. The van der Waals surface area contributed by atoms with Crippen LogP contribution in [0.4, 0.5) is 0 Å². The molecule has 0 aromatic carbocycles. The van der Waals surface area contributed by atoms with Crippen molar-refractivity contribution < 1.29 is 4.74 Å². The number of nitrogens with zero attached hydrogens (tertiary/aromatic N) is 1. The number of hydrogen-bond donors (Lipinski definition) is 1. The van der Waals surface area contributed by atoms with Crippen molar-refractivity contribution in [2.24, 2.45) is 4.99 Å². The van der Waals surface area contributed by atoms with E-state index in [4.69, 9.17) is 9.73 Å². The number of rotatable bonds is 7. The molecule has 3 heteroatoms. The highest BCUT2D eigenvalue weighted by atomic mass is 16.5. The van der Waals surface area contributed by atoms with E-state index in [-0.39, 0.29) is 12.1 Å². The summed E-state index contributed by atoms with van der Waals surface area (Å²) in [7, 11) is 0. The van der Waals surface area contributed by atoms with E-state index < -0.39 is 0 Å². The molecule has 2 atom stereocenters. The van der Waals surface area contributed by atoms with E-state index in [1.54, 1.807) is 0 Å². The summed E-state index contributed by atoms with van der Waals surface area (Å²) >= 11 is 0. The molecular weight excluding hydrogens is 296 g/mol. The maximum atomic E-state index is 6.13. The van der Waals surface area contributed by atoms with Gasteiger partial charge in [0.15, 0.2) is 0 Å². The molecular formula is C21H34N2O. The van der Waals surface area contributed by atoms with Crippen LogP contribution >= 0.6 is 0 Å². The summed E-state index contributed by atoms with van der Waals surface area (Å²) in [6.45, 7) is 9.18. The first-order valence-electron chi connectivity index (χ1n) is 9.58. The molecule has 134 valence electrons. The van der Waals surface area contributed by atoms with Crippen molar-refractivity contribution in [2.45, 2.75) is 84.4 Å². The van der Waals surface area contributed by atoms with Gasteiger partial charge in [-0.25, -0.2) is 0 Å². The molecule has 24 heavy (non-hydrogen) atoms. The molecule has 0 aromatic heterocycles. The fourth-order valence-corrected chi connectivity index (χ4v) is 3.53. The van der Waals surface area contributed by atoms with Gasteiger partial charge in [-0.15, -0.1) is 0 Å². The molecule has 0 aromatic rings. The predicted molar refractivity (Wildman–Crippen MR) is 104 cm³/mol. The average molecular weight is 331 g/mol.